The summed E-state index contributed by atoms with van der Waals surface area (Å²) in [6.45, 7) is 4.59. The minimum absolute atomic E-state index is 0.0117. The second-order valence-electron chi connectivity index (χ2n) is 4.94. The predicted octanol–water partition coefficient (Wildman–Crippen LogP) is 2.76. The summed E-state index contributed by atoms with van der Waals surface area (Å²) in [5.41, 5.74) is -1.52. The van der Waals surface area contributed by atoms with E-state index in [0.29, 0.717) is 12.5 Å². The van der Waals surface area contributed by atoms with Crippen LogP contribution in [0.3, 0.4) is 0 Å². The van der Waals surface area contributed by atoms with Crippen LogP contribution in [0.4, 0.5) is 18.9 Å². The number of carbonyl (C=O) groups is 1. The van der Waals surface area contributed by atoms with Gasteiger partial charge >= 0.3 is 6.18 Å². The SMILES string of the molecule is CC(C)CNCC(=O)Nc1ccc(C#N)c(C(F)(F)F)c1. The molecule has 0 aliphatic rings. The van der Waals surface area contributed by atoms with Gasteiger partial charge in [-0.3, -0.25) is 4.79 Å². The smallest absolute Gasteiger partial charge is 0.325 e. The van der Waals surface area contributed by atoms with Gasteiger partial charge in [0.2, 0.25) is 5.91 Å². The van der Waals surface area contributed by atoms with Gasteiger partial charge in [-0.05, 0) is 30.7 Å². The van der Waals surface area contributed by atoms with Gasteiger partial charge in [0.25, 0.3) is 0 Å². The van der Waals surface area contributed by atoms with Gasteiger partial charge in [0.1, 0.15) is 0 Å². The third kappa shape index (κ3) is 5.44. The lowest BCUT2D eigenvalue weighted by Gasteiger charge is -2.12. The molecule has 4 nitrogen and oxygen atoms in total. The normalized spacial score (nSPS) is 11.3. The Morgan fingerprint density at radius 3 is 2.57 bits per heavy atom. The first kappa shape index (κ1) is 17.0. The third-order valence-electron chi connectivity index (χ3n) is 2.57. The van der Waals surface area contributed by atoms with Crippen LogP contribution < -0.4 is 10.6 Å². The van der Waals surface area contributed by atoms with Crippen molar-refractivity contribution in [2.75, 3.05) is 18.4 Å². The molecule has 7 heteroatoms. The summed E-state index contributed by atoms with van der Waals surface area (Å²) in [4.78, 5) is 11.6. The van der Waals surface area contributed by atoms with Crippen molar-refractivity contribution in [3.8, 4) is 6.07 Å². The molecule has 0 heterocycles. The number of nitrogens with one attached hydrogen (secondary N) is 2. The Morgan fingerprint density at radius 1 is 1.38 bits per heavy atom. The number of halogens is 3. The van der Waals surface area contributed by atoms with E-state index >= 15 is 0 Å². The zero-order valence-corrected chi connectivity index (χ0v) is 11.7. The number of carbonyl (C=O) groups excluding carboxylic acids is 1. The average Bonchev–Trinajstić information content (AvgIpc) is 2.37. The highest BCUT2D eigenvalue weighted by Gasteiger charge is 2.33. The van der Waals surface area contributed by atoms with E-state index in [9.17, 15) is 18.0 Å². The molecule has 21 heavy (non-hydrogen) atoms. The second-order valence-corrected chi connectivity index (χ2v) is 4.94. The van der Waals surface area contributed by atoms with Crippen LogP contribution in [0, 0.1) is 17.2 Å². The van der Waals surface area contributed by atoms with Gasteiger partial charge in [-0.25, -0.2) is 0 Å². The van der Waals surface area contributed by atoms with E-state index in [1.54, 1.807) is 0 Å². The van der Waals surface area contributed by atoms with Crippen LogP contribution in [0.25, 0.3) is 0 Å². The van der Waals surface area contributed by atoms with Crippen molar-refractivity contribution in [1.82, 2.24) is 5.32 Å². The number of hydrogen-bond acceptors (Lipinski definition) is 3. The van der Waals surface area contributed by atoms with Gasteiger partial charge in [0.05, 0.1) is 23.7 Å². The maximum Gasteiger partial charge on any atom is 0.417 e. The van der Waals surface area contributed by atoms with E-state index in [0.717, 1.165) is 12.1 Å². The lowest BCUT2D eigenvalue weighted by atomic mass is 10.1. The molecule has 0 aliphatic heterocycles. The van der Waals surface area contributed by atoms with Crippen LogP contribution in [-0.4, -0.2) is 19.0 Å². The number of anilines is 1. The van der Waals surface area contributed by atoms with Crippen LogP contribution in [0.5, 0.6) is 0 Å². The third-order valence-corrected chi connectivity index (χ3v) is 2.57. The van der Waals surface area contributed by atoms with Crippen molar-refractivity contribution >= 4 is 11.6 Å². The van der Waals surface area contributed by atoms with Crippen molar-refractivity contribution in [1.29, 1.82) is 5.26 Å². The Kier molecular flexibility index (Phi) is 5.73. The van der Waals surface area contributed by atoms with E-state index < -0.39 is 23.2 Å². The lowest BCUT2D eigenvalue weighted by Crippen LogP contribution is -2.30. The zero-order valence-electron chi connectivity index (χ0n) is 11.7. The predicted molar refractivity (Wildman–Crippen MR) is 72.5 cm³/mol. The zero-order chi connectivity index (χ0) is 16.0. The number of amides is 1. The molecule has 0 bridgehead atoms. The summed E-state index contributed by atoms with van der Waals surface area (Å²) < 4.78 is 38.3. The van der Waals surface area contributed by atoms with E-state index in [1.165, 1.54) is 12.1 Å². The number of nitriles is 1. The van der Waals surface area contributed by atoms with Crippen LogP contribution in [0.2, 0.25) is 0 Å². The first-order valence-electron chi connectivity index (χ1n) is 6.36. The lowest BCUT2D eigenvalue weighted by molar-refractivity contribution is -0.137. The molecule has 1 amide bonds. The summed E-state index contributed by atoms with van der Waals surface area (Å²) in [6, 6.07) is 4.56. The molecule has 1 aromatic carbocycles. The quantitative estimate of drug-likeness (QED) is 0.878. The first-order valence-corrected chi connectivity index (χ1v) is 6.36. The maximum atomic E-state index is 12.8. The number of rotatable bonds is 5. The standard InChI is InChI=1S/C14H16F3N3O/c1-9(2)7-19-8-13(21)20-11-4-3-10(6-18)12(5-11)14(15,16)17/h3-5,9,19H,7-8H2,1-2H3,(H,20,21). The van der Waals surface area contributed by atoms with Crippen molar-refractivity contribution in [2.45, 2.75) is 20.0 Å². The molecule has 114 valence electrons. The second kappa shape index (κ2) is 7.09. The monoisotopic (exact) mass is 299 g/mol. The Morgan fingerprint density at radius 2 is 2.05 bits per heavy atom. The Bertz CT molecular complexity index is 547. The average molecular weight is 299 g/mol. The molecule has 2 N–H and O–H groups in total. The molecule has 1 rings (SSSR count). The van der Waals surface area contributed by atoms with Gasteiger partial charge in [-0.15, -0.1) is 0 Å². The molecule has 1 aromatic rings. The fraction of sp³-hybridized carbons (Fsp3) is 0.429. The number of alkyl halides is 3. The van der Waals surface area contributed by atoms with E-state index in [4.69, 9.17) is 5.26 Å². The Balaban J connectivity index is 2.77. The van der Waals surface area contributed by atoms with Gasteiger partial charge in [-0.1, -0.05) is 13.8 Å². The van der Waals surface area contributed by atoms with Crippen LogP contribution >= 0.6 is 0 Å². The molecule has 0 aromatic heterocycles. The van der Waals surface area contributed by atoms with E-state index in [-0.39, 0.29) is 12.2 Å². The van der Waals surface area contributed by atoms with E-state index in [2.05, 4.69) is 10.6 Å². The fourth-order valence-corrected chi connectivity index (χ4v) is 1.63. The van der Waals surface area contributed by atoms with Crippen LogP contribution in [0.15, 0.2) is 18.2 Å². The molecule has 0 aliphatic carbocycles. The molecular formula is C14H16F3N3O. The van der Waals surface area contributed by atoms with Crippen molar-refractivity contribution in [2.24, 2.45) is 5.92 Å². The molecule has 0 spiro atoms. The first-order chi connectivity index (χ1) is 9.74. The molecule has 0 fully saturated rings. The molecule has 0 saturated heterocycles. The molecule has 0 saturated carbocycles. The van der Waals surface area contributed by atoms with E-state index in [1.807, 2.05) is 13.8 Å². The summed E-state index contributed by atoms with van der Waals surface area (Å²) in [7, 11) is 0. The highest BCUT2D eigenvalue weighted by molar-refractivity contribution is 5.92. The summed E-state index contributed by atoms with van der Waals surface area (Å²) in [6.07, 6.45) is -4.64. The summed E-state index contributed by atoms with van der Waals surface area (Å²) in [5.74, 6) is -0.0713. The number of benzene rings is 1. The molecule has 0 radical (unpaired) electrons. The maximum absolute atomic E-state index is 12.8. The fourth-order valence-electron chi connectivity index (χ4n) is 1.63. The summed E-state index contributed by atoms with van der Waals surface area (Å²) in [5, 5.41) is 13.9. The van der Waals surface area contributed by atoms with Gasteiger partial charge in [-0.2, -0.15) is 18.4 Å². The van der Waals surface area contributed by atoms with Crippen molar-refractivity contribution in [3.05, 3.63) is 29.3 Å². The van der Waals surface area contributed by atoms with Gasteiger partial charge in [0.15, 0.2) is 0 Å². The molecular weight excluding hydrogens is 283 g/mol. The van der Waals surface area contributed by atoms with Crippen molar-refractivity contribution < 1.29 is 18.0 Å². The van der Waals surface area contributed by atoms with Crippen molar-refractivity contribution in [3.63, 3.8) is 0 Å². The largest absolute Gasteiger partial charge is 0.417 e. The molecule has 0 atom stereocenters. The highest BCUT2D eigenvalue weighted by Crippen LogP contribution is 2.33. The van der Waals surface area contributed by atoms with Crippen LogP contribution in [0.1, 0.15) is 25.0 Å². The molecule has 0 unspecified atom stereocenters. The Hall–Kier alpha value is -2.07. The summed E-state index contributed by atoms with van der Waals surface area (Å²) >= 11 is 0. The van der Waals surface area contributed by atoms with Gasteiger partial charge < -0.3 is 10.6 Å². The minimum atomic E-state index is -4.64. The number of hydrogen-bond donors (Lipinski definition) is 2. The topological polar surface area (TPSA) is 64.9 Å². The highest BCUT2D eigenvalue weighted by atomic mass is 19.4. The minimum Gasteiger partial charge on any atom is -0.325 e. The number of nitrogens with zero attached hydrogens (tertiary/aromatic N) is 1. The van der Waals surface area contributed by atoms with Crippen LogP contribution in [-0.2, 0) is 11.0 Å². The van der Waals surface area contributed by atoms with Gasteiger partial charge in [0, 0.05) is 5.69 Å². The Labute approximate surface area is 121 Å².